The smallest absolute Gasteiger partial charge is 0.0541 e. The van der Waals surface area contributed by atoms with Crippen molar-refractivity contribution in [3.05, 3.63) is 231 Å². The maximum Gasteiger partial charge on any atom is 0.0541 e. The van der Waals surface area contributed by atoms with E-state index >= 15 is 0 Å². The van der Waals surface area contributed by atoms with Crippen molar-refractivity contribution in [2.45, 2.75) is 0 Å². The quantitative estimate of drug-likeness (QED) is 0.152. The van der Waals surface area contributed by atoms with Crippen LogP contribution >= 0.6 is 0 Å². The zero-order valence-corrected chi connectivity index (χ0v) is 30.8. The fourth-order valence-electron chi connectivity index (χ4n) is 8.15. The molecule has 1 aromatic heterocycles. The highest BCUT2D eigenvalue weighted by Gasteiger charge is 2.18. The second-order valence-corrected chi connectivity index (χ2v) is 14.1. The van der Waals surface area contributed by atoms with E-state index < -0.39 is 0 Å². The van der Waals surface area contributed by atoms with Crippen molar-refractivity contribution in [3.8, 4) is 50.2 Å². The van der Waals surface area contributed by atoms with Crippen molar-refractivity contribution < 1.29 is 0 Å². The fraction of sp³-hybridized carbons (Fsp3) is 0. The van der Waals surface area contributed by atoms with Gasteiger partial charge in [0.05, 0.1) is 22.4 Å². The second kappa shape index (κ2) is 14.4. The third kappa shape index (κ3) is 6.04. The molecule has 1 heterocycles. The summed E-state index contributed by atoms with van der Waals surface area (Å²) in [5, 5.41) is 2.53. The number of hydrogen-bond acceptors (Lipinski definition) is 1. The average molecular weight is 715 g/mol. The van der Waals surface area contributed by atoms with Gasteiger partial charge in [0.25, 0.3) is 0 Å². The largest absolute Gasteiger partial charge is 0.310 e. The number of para-hydroxylation sites is 5. The molecule has 10 rings (SSSR count). The predicted molar refractivity (Wildman–Crippen MR) is 237 cm³/mol. The molecule has 0 amide bonds. The lowest BCUT2D eigenvalue weighted by Gasteiger charge is -2.28. The van der Waals surface area contributed by atoms with Gasteiger partial charge < -0.3 is 9.47 Å². The maximum atomic E-state index is 2.41. The molecule has 0 saturated carbocycles. The maximum absolute atomic E-state index is 2.41. The zero-order chi connectivity index (χ0) is 37.3. The van der Waals surface area contributed by atoms with Crippen LogP contribution in [0.1, 0.15) is 0 Å². The SMILES string of the molecule is c1ccc(-c2ccc(-c3ccccc3N(c3ccccc3)c3ccc(-c4cccc(-c5ccccc5-n5c6ccccc6c6ccccc65)c4)cc3)cc2)cc1. The third-order valence-corrected chi connectivity index (χ3v) is 10.8. The molecule has 0 aliphatic heterocycles. The molecule has 0 atom stereocenters. The number of fused-ring (bicyclic) bond motifs is 3. The molecule has 56 heavy (non-hydrogen) atoms. The number of benzene rings is 9. The summed E-state index contributed by atoms with van der Waals surface area (Å²) < 4.78 is 2.41. The molecule has 0 unspecified atom stereocenters. The van der Waals surface area contributed by atoms with Gasteiger partial charge in [-0.25, -0.2) is 0 Å². The minimum Gasteiger partial charge on any atom is -0.310 e. The molecule has 264 valence electrons. The summed E-state index contributed by atoms with van der Waals surface area (Å²) in [5.74, 6) is 0. The first-order chi connectivity index (χ1) is 27.8. The first kappa shape index (κ1) is 33.2. The highest BCUT2D eigenvalue weighted by atomic mass is 15.1. The van der Waals surface area contributed by atoms with Gasteiger partial charge >= 0.3 is 0 Å². The molecule has 0 aliphatic carbocycles. The van der Waals surface area contributed by atoms with Crippen LogP contribution in [0.2, 0.25) is 0 Å². The Morgan fingerprint density at radius 2 is 0.750 bits per heavy atom. The van der Waals surface area contributed by atoms with Crippen molar-refractivity contribution in [3.63, 3.8) is 0 Å². The highest BCUT2D eigenvalue weighted by Crippen LogP contribution is 2.42. The Bertz CT molecular complexity index is 2890. The van der Waals surface area contributed by atoms with Gasteiger partial charge in [-0.15, -0.1) is 0 Å². The van der Waals surface area contributed by atoms with E-state index in [-0.39, 0.29) is 0 Å². The monoisotopic (exact) mass is 714 g/mol. The number of nitrogens with zero attached hydrogens (tertiary/aromatic N) is 2. The lowest BCUT2D eigenvalue weighted by Crippen LogP contribution is -2.11. The molecule has 0 aliphatic rings. The second-order valence-electron chi connectivity index (χ2n) is 14.1. The third-order valence-electron chi connectivity index (χ3n) is 10.8. The number of rotatable bonds is 8. The molecule has 0 N–H and O–H groups in total. The number of aromatic nitrogens is 1. The van der Waals surface area contributed by atoms with Crippen LogP contribution in [0.3, 0.4) is 0 Å². The Hall–Kier alpha value is -7.42. The van der Waals surface area contributed by atoms with Crippen LogP contribution in [0.25, 0.3) is 72.0 Å². The lowest BCUT2D eigenvalue weighted by atomic mass is 9.97. The molecule has 2 nitrogen and oxygen atoms in total. The van der Waals surface area contributed by atoms with Gasteiger partial charge in [-0.05, 0) is 88.0 Å². The molecule has 0 saturated heterocycles. The minimum atomic E-state index is 1.10. The summed E-state index contributed by atoms with van der Waals surface area (Å²) in [6.07, 6.45) is 0. The fourth-order valence-corrected chi connectivity index (χ4v) is 8.15. The molecule has 0 radical (unpaired) electrons. The van der Waals surface area contributed by atoms with E-state index in [4.69, 9.17) is 0 Å². The van der Waals surface area contributed by atoms with E-state index in [1.54, 1.807) is 0 Å². The first-order valence-corrected chi connectivity index (χ1v) is 19.2. The standard InChI is InChI=1S/C54H38N2/c1-3-16-39(17-4-1)40-30-32-42(33-31-40)47-22-7-11-26-51(47)55(45-20-5-2-6-21-45)46-36-34-41(35-37-46)43-18-15-19-44(38-43)48-23-8-12-27-52(48)56-53-28-13-9-24-49(53)50-25-10-14-29-54(50)56/h1-38H. The summed E-state index contributed by atoms with van der Waals surface area (Å²) in [5.41, 5.74) is 16.4. The summed E-state index contributed by atoms with van der Waals surface area (Å²) in [4.78, 5) is 2.36. The molecule has 0 fully saturated rings. The van der Waals surface area contributed by atoms with Crippen LogP contribution in [-0.4, -0.2) is 4.57 Å². The highest BCUT2D eigenvalue weighted by molar-refractivity contribution is 6.09. The van der Waals surface area contributed by atoms with Crippen molar-refractivity contribution in [1.29, 1.82) is 0 Å². The molecular weight excluding hydrogens is 677 g/mol. The normalized spacial score (nSPS) is 11.2. The van der Waals surface area contributed by atoms with Crippen LogP contribution in [0, 0.1) is 0 Å². The Kier molecular flexibility index (Phi) is 8.55. The van der Waals surface area contributed by atoms with Crippen LogP contribution in [0.5, 0.6) is 0 Å². The van der Waals surface area contributed by atoms with E-state index in [1.807, 2.05) is 0 Å². The molecule has 10 aromatic rings. The first-order valence-electron chi connectivity index (χ1n) is 19.2. The van der Waals surface area contributed by atoms with Crippen molar-refractivity contribution in [2.75, 3.05) is 4.90 Å². The van der Waals surface area contributed by atoms with Gasteiger partial charge in [0.15, 0.2) is 0 Å². The number of anilines is 3. The molecule has 9 aromatic carbocycles. The molecule has 2 heteroatoms. The predicted octanol–water partition coefficient (Wildman–Crippen LogP) is 14.9. The molecule has 0 bridgehead atoms. The van der Waals surface area contributed by atoms with Crippen LogP contribution < -0.4 is 4.90 Å². The van der Waals surface area contributed by atoms with E-state index in [0.29, 0.717) is 0 Å². The Balaban J connectivity index is 1.02. The Labute approximate surface area is 327 Å². The zero-order valence-electron chi connectivity index (χ0n) is 30.8. The van der Waals surface area contributed by atoms with Crippen molar-refractivity contribution in [2.24, 2.45) is 0 Å². The van der Waals surface area contributed by atoms with Crippen molar-refractivity contribution >= 4 is 38.9 Å². The van der Waals surface area contributed by atoms with E-state index in [9.17, 15) is 0 Å². The van der Waals surface area contributed by atoms with E-state index in [1.165, 1.54) is 72.0 Å². The minimum absolute atomic E-state index is 1.10. The summed E-state index contributed by atoms with van der Waals surface area (Å²) in [6, 6.07) is 82.9. The Morgan fingerprint density at radius 1 is 0.286 bits per heavy atom. The molecular formula is C54H38N2. The van der Waals surface area contributed by atoms with Gasteiger partial charge in [-0.1, -0.05) is 176 Å². The van der Waals surface area contributed by atoms with Crippen LogP contribution in [0.4, 0.5) is 17.1 Å². The van der Waals surface area contributed by atoms with Crippen LogP contribution in [0.15, 0.2) is 231 Å². The average Bonchev–Trinajstić information content (AvgIpc) is 3.62. The topological polar surface area (TPSA) is 8.17 Å². The Morgan fingerprint density at radius 3 is 1.46 bits per heavy atom. The summed E-state index contributed by atoms with van der Waals surface area (Å²) >= 11 is 0. The van der Waals surface area contributed by atoms with E-state index in [2.05, 4.69) is 240 Å². The number of hydrogen-bond donors (Lipinski definition) is 0. The summed E-state index contributed by atoms with van der Waals surface area (Å²) in [6.45, 7) is 0. The molecule has 0 spiro atoms. The van der Waals surface area contributed by atoms with Gasteiger partial charge in [0.2, 0.25) is 0 Å². The van der Waals surface area contributed by atoms with Crippen molar-refractivity contribution in [1.82, 2.24) is 4.57 Å². The van der Waals surface area contributed by atoms with Gasteiger partial charge in [0, 0.05) is 33.3 Å². The van der Waals surface area contributed by atoms with Gasteiger partial charge in [-0.3, -0.25) is 0 Å². The summed E-state index contributed by atoms with van der Waals surface area (Å²) in [7, 11) is 0. The van der Waals surface area contributed by atoms with Gasteiger partial charge in [0.1, 0.15) is 0 Å². The van der Waals surface area contributed by atoms with Crippen LogP contribution in [-0.2, 0) is 0 Å². The van der Waals surface area contributed by atoms with E-state index in [0.717, 1.165) is 17.1 Å². The lowest BCUT2D eigenvalue weighted by molar-refractivity contribution is 1.18. The van der Waals surface area contributed by atoms with Gasteiger partial charge in [-0.2, -0.15) is 0 Å².